The normalized spacial score (nSPS) is 15.0. The van der Waals surface area contributed by atoms with E-state index in [9.17, 15) is 4.79 Å². The Morgan fingerprint density at radius 3 is 2.27 bits per heavy atom. The Bertz CT molecular complexity index is 631. The highest BCUT2D eigenvalue weighted by atomic mass is 127. The number of halogens is 1. The summed E-state index contributed by atoms with van der Waals surface area (Å²) >= 11 is 2.25. The van der Waals surface area contributed by atoms with Gasteiger partial charge < -0.3 is 5.32 Å². The summed E-state index contributed by atoms with van der Waals surface area (Å²) in [6, 6.07) is 15.7. The molecule has 1 amide bonds. The van der Waals surface area contributed by atoms with Gasteiger partial charge >= 0.3 is 0 Å². The van der Waals surface area contributed by atoms with Crippen LogP contribution in [-0.2, 0) is 6.54 Å². The Hall–Kier alpha value is -1.40. The summed E-state index contributed by atoms with van der Waals surface area (Å²) in [5, 5.41) is 2.93. The molecule has 1 saturated heterocycles. The van der Waals surface area contributed by atoms with E-state index in [4.69, 9.17) is 0 Å². The molecule has 1 aliphatic rings. The number of hydrogen-bond acceptors (Lipinski definition) is 2. The van der Waals surface area contributed by atoms with E-state index in [1.807, 2.05) is 36.4 Å². The van der Waals surface area contributed by atoms with Crippen LogP contribution < -0.4 is 5.32 Å². The molecule has 0 saturated carbocycles. The first-order valence-corrected chi connectivity index (χ1v) is 8.67. The Kier molecular flexibility index (Phi) is 5.10. The molecule has 3 rings (SSSR count). The van der Waals surface area contributed by atoms with Gasteiger partial charge in [0, 0.05) is 21.4 Å². The van der Waals surface area contributed by atoms with Gasteiger partial charge in [-0.3, -0.25) is 9.69 Å². The molecule has 0 radical (unpaired) electrons. The molecule has 0 atom stereocenters. The predicted molar refractivity (Wildman–Crippen MR) is 98.1 cm³/mol. The van der Waals surface area contributed by atoms with E-state index < -0.39 is 0 Å². The summed E-state index contributed by atoms with van der Waals surface area (Å²) in [6.07, 6.45) is 2.60. The average Bonchev–Trinajstić information content (AvgIpc) is 3.03. The molecular weight excluding hydrogens is 387 g/mol. The van der Waals surface area contributed by atoms with Crippen molar-refractivity contribution < 1.29 is 4.79 Å². The topological polar surface area (TPSA) is 32.3 Å². The molecule has 0 bridgehead atoms. The van der Waals surface area contributed by atoms with Crippen molar-refractivity contribution >= 4 is 34.2 Å². The van der Waals surface area contributed by atoms with Crippen molar-refractivity contribution in [2.24, 2.45) is 0 Å². The van der Waals surface area contributed by atoms with E-state index in [2.05, 4.69) is 44.9 Å². The number of likely N-dealkylation sites (tertiary alicyclic amines) is 1. The molecule has 22 heavy (non-hydrogen) atoms. The third-order valence-electron chi connectivity index (χ3n) is 3.92. The van der Waals surface area contributed by atoms with E-state index in [-0.39, 0.29) is 5.91 Å². The third kappa shape index (κ3) is 4.08. The zero-order valence-corrected chi connectivity index (χ0v) is 14.5. The Balaban J connectivity index is 1.61. The number of anilines is 1. The van der Waals surface area contributed by atoms with E-state index in [1.54, 1.807) is 0 Å². The Morgan fingerprint density at radius 1 is 1.00 bits per heavy atom. The van der Waals surface area contributed by atoms with Crippen molar-refractivity contribution in [3.05, 3.63) is 63.2 Å². The smallest absolute Gasteiger partial charge is 0.255 e. The largest absolute Gasteiger partial charge is 0.322 e. The van der Waals surface area contributed by atoms with Gasteiger partial charge in [0.05, 0.1) is 0 Å². The van der Waals surface area contributed by atoms with Gasteiger partial charge in [-0.2, -0.15) is 0 Å². The van der Waals surface area contributed by atoms with Crippen LogP contribution in [0.25, 0.3) is 0 Å². The van der Waals surface area contributed by atoms with Crippen LogP contribution in [0.15, 0.2) is 48.5 Å². The van der Waals surface area contributed by atoms with Gasteiger partial charge in [-0.1, -0.05) is 12.1 Å². The van der Waals surface area contributed by atoms with Gasteiger partial charge in [0.1, 0.15) is 0 Å². The molecule has 114 valence electrons. The number of carbonyl (C=O) groups excluding carboxylic acids is 1. The molecule has 3 nitrogen and oxygen atoms in total. The number of benzene rings is 2. The summed E-state index contributed by atoms with van der Waals surface area (Å²) < 4.78 is 1.15. The molecular formula is C18H19IN2O. The van der Waals surface area contributed by atoms with Crippen LogP contribution >= 0.6 is 22.6 Å². The lowest BCUT2D eigenvalue weighted by Gasteiger charge is -2.14. The molecule has 0 aromatic heterocycles. The summed E-state index contributed by atoms with van der Waals surface area (Å²) in [4.78, 5) is 14.7. The molecule has 0 spiro atoms. The maximum Gasteiger partial charge on any atom is 0.255 e. The molecule has 0 aliphatic carbocycles. The lowest BCUT2D eigenvalue weighted by Crippen LogP contribution is -2.18. The highest BCUT2D eigenvalue weighted by Crippen LogP contribution is 2.15. The number of hydrogen-bond donors (Lipinski definition) is 1. The minimum Gasteiger partial charge on any atom is -0.322 e. The van der Waals surface area contributed by atoms with Crippen molar-refractivity contribution in [3.8, 4) is 0 Å². The zero-order chi connectivity index (χ0) is 15.4. The van der Waals surface area contributed by atoms with Crippen LogP contribution in [0.3, 0.4) is 0 Å². The van der Waals surface area contributed by atoms with Crippen molar-refractivity contribution in [1.29, 1.82) is 0 Å². The maximum absolute atomic E-state index is 12.2. The van der Waals surface area contributed by atoms with Crippen molar-refractivity contribution in [3.63, 3.8) is 0 Å². The zero-order valence-electron chi connectivity index (χ0n) is 12.4. The summed E-state index contributed by atoms with van der Waals surface area (Å²) in [6.45, 7) is 3.36. The highest BCUT2D eigenvalue weighted by Gasteiger charge is 2.12. The maximum atomic E-state index is 12.2. The minimum atomic E-state index is -0.0612. The van der Waals surface area contributed by atoms with E-state index in [0.29, 0.717) is 5.56 Å². The Morgan fingerprint density at radius 2 is 1.64 bits per heavy atom. The van der Waals surface area contributed by atoms with Crippen LogP contribution in [0.1, 0.15) is 28.8 Å². The van der Waals surface area contributed by atoms with Crippen molar-refractivity contribution in [2.45, 2.75) is 19.4 Å². The van der Waals surface area contributed by atoms with E-state index >= 15 is 0 Å². The molecule has 0 unspecified atom stereocenters. The van der Waals surface area contributed by atoms with Gasteiger partial charge in [0.25, 0.3) is 5.91 Å². The quantitative estimate of drug-likeness (QED) is 0.775. The summed E-state index contributed by atoms with van der Waals surface area (Å²) in [7, 11) is 0. The van der Waals surface area contributed by atoms with Crippen LogP contribution in [0, 0.1) is 3.57 Å². The molecule has 1 N–H and O–H groups in total. The molecule has 2 aromatic rings. The summed E-state index contributed by atoms with van der Waals surface area (Å²) in [5.41, 5.74) is 2.79. The van der Waals surface area contributed by atoms with Crippen LogP contribution in [0.4, 0.5) is 5.69 Å². The molecule has 2 aromatic carbocycles. The first-order valence-electron chi connectivity index (χ1n) is 7.59. The molecule has 1 heterocycles. The average molecular weight is 406 g/mol. The van der Waals surface area contributed by atoms with Crippen molar-refractivity contribution in [1.82, 2.24) is 4.90 Å². The highest BCUT2D eigenvalue weighted by molar-refractivity contribution is 14.1. The molecule has 1 fully saturated rings. The number of nitrogens with zero attached hydrogens (tertiary/aromatic N) is 1. The Labute approximate surface area is 144 Å². The fraction of sp³-hybridized carbons (Fsp3) is 0.278. The van der Waals surface area contributed by atoms with Crippen LogP contribution in [-0.4, -0.2) is 23.9 Å². The second-order valence-corrected chi connectivity index (χ2v) is 6.89. The van der Waals surface area contributed by atoms with Gasteiger partial charge in [-0.05, 0) is 90.5 Å². The monoisotopic (exact) mass is 406 g/mol. The van der Waals surface area contributed by atoms with Gasteiger partial charge in [0.15, 0.2) is 0 Å². The first-order chi connectivity index (χ1) is 10.7. The first kappa shape index (κ1) is 15.5. The molecule has 1 aliphatic heterocycles. The fourth-order valence-corrected chi connectivity index (χ4v) is 3.06. The third-order valence-corrected chi connectivity index (χ3v) is 4.64. The number of amides is 1. The van der Waals surface area contributed by atoms with Gasteiger partial charge in [0.2, 0.25) is 0 Å². The number of nitrogens with one attached hydrogen (secondary N) is 1. The van der Waals surface area contributed by atoms with Gasteiger partial charge in [-0.15, -0.1) is 0 Å². The minimum absolute atomic E-state index is 0.0612. The van der Waals surface area contributed by atoms with Crippen LogP contribution in [0.5, 0.6) is 0 Å². The fourth-order valence-electron chi connectivity index (χ4n) is 2.70. The standard InChI is InChI=1S/C18H19IN2O/c19-16-7-9-17(10-8-16)20-18(22)15-5-3-14(4-6-15)13-21-11-1-2-12-21/h3-10H,1-2,11-13H2,(H,20,22). The van der Waals surface area contributed by atoms with E-state index in [0.717, 1.165) is 15.8 Å². The second-order valence-electron chi connectivity index (χ2n) is 5.64. The molecule has 4 heteroatoms. The van der Waals surface area contributed by atoms with Crippen molar-refractivity contribution in [2.75, 3.05) is 18.4 Å². The lowest BCUT2D eigenvalue weighted by atomic mass is 10.1. The SMILES string of the molecule is O=C(Nc1ccc(I)cc1)c1ccc(CN2CCCC2)cc1. The van der Waals surface area contributed by atoms with Crippen LogP contribution in [0.2, 0.25) is 0 Å². The lowest BCUT2D eigenvalue weighted by molar-refractivity contribution is 0.102. The number of rotatable bonds is 4. The van der Waals surface area contributed by atoms with Gasteiger partial charge in [-0.25, -0.2) is 0 Å². The number of carbonyl (C=O) groups is 1. The summed E-state index contributed by atoms with van der Waals surface area (Å²) in [5.74, 6) is -0.0612. The second kappa shape index (κ2) is 7.24. The van der Waals surface area contributed by atoms with E-state index in [1.165, 1.54) is 31.5 Å². The predicted octanol–water partition coefficient (Wildman–Crippen LogP) is 4.14.